The zero-order valence-corrected chi connectivity index (χ0v) is 18.7. The van der Waals surface area contributed by atoms with Gasteiger partial charge in [0, 0.05) is 44.4 Å². The van der Waals surface area contributed by atoms with Gasteiger partial charge in [-0.05, 0) is 50.7 Å². The maximum atomic E-state index is 12.7. The molecule has 0 saturated carbocycles. The molecule has 32 heavy (non-hydrogen) atoms. The standard InChI is InChI=1S/C24H29N5O3/c1-16-5-9-29(10-6-16)24-25-15-19(21-14-17(2)27-32-21)22(26-24)18-7-11-28(12-8-18)23(30)20-4-3-13-31-20/h3-4,13-16,18H,5-12H2,1-2H3. The van der Waals surface area contributed by atoms with E-state index in [1.54, 1.807) is 12.1 Å². The highest BCUT2D eigenvalue weighted by Gasteiger charge is 2.30. The number of carbonyl (C=O) groups excluding carboxylic acids is 1. The second-order valence-electron chi connectivity index (χ2n) is 9.01. The summed E-state index contributed by atoms with van der Waals surface area (Å²) in [6.07, 6.45) is 7.41. The lowest BCUT2D eigenvalue weighted by molar-refractivity contribution is 0.0680. The lowest BCUT2D eigenvalue weighted by Crippen LogP contribution is -2.38. The highest BCUT2D eigenvalue weighted by atomic mass is 16.5. The number of carbonyl (C=O) groups is 1. The quantitative estimate of drug-likeness (QED) is 0.604. The number of anilines is 1. The van der Waals surface area contributed by atoms with Crippen molar-refractivity contribution in [2.75, 3.05) is 31.1 Å². The average Bonchev–Trinajstić information content (AvgIpc) is 3.51. The fourth-order valence-corrected chi connectivity index (χ4v) is 4.65. The van der Waals surface area contributed by atoms with Gasteiger partial charge in [0.1, 0.15) is 0 Å². The molecule has 2 fully saturated rings. The first-order valence-corrected chi connectivity index (χ1v) is 11.5. The van der Waals surface area contributed by atoms with Crippen LogP contribution >= 0.6 is 0 Å². The van der Waals surface area contributed by atoms with E-state index >= 15 is 0 Å². The molecule has 168 valence electrons. The molecule has 5 rings (SSSR count). The second kappa shape index (κ2) is 8.76. The molecule has 0 aliphatic carbocycles. The summed E-state index contributed by atoms with van der Waals surface area (Å²) in [5, 5.41) is 4.06. The van der Waals surface area contributed by atoms with Crippen molar-refractivity contribution in [2.24, 2.45) is 5.92 Å². The van der Waals surface area contributed by atoms with E-state index in [9.17, 15) is 4.79 Å². The molecule has 3 aromatic heterocycles. The van der Waals surface area contributed by atoms with Gasteiger partial charge in [-0.15, -0.1) is 0 Å². The molecule has 8 heteroatoms. The fourth-order valence-electron chi connectivity index (χ4n) is 4.65. The van der Waals surface area contributed by atoms with E-state index in [-0.39, 0.29) is 11.8 Å². The summed E-state index contributed by atoms with van der Waals surface area (Å²) in [6.45, 7) is 7.51. The molecule has 2 saturated heterocycles. The number of likely N-dealkylation sites (tertiary alicyclic amines) is 1. The number of piperidine rings is 2. The number of rotatable bonds is 4. The molecule has 2 aliphatic rings. The Balaban J connectivity index is 1.39. The van der Waals surface area contributed by atoms with Crippen LogP contribution in [0.1, 0.15) is 60.5 Å². The molecule has 0 radical (unpaired) electrons. The summed E-state index contributed by atoms with van der Waals surface area (Å²) in [6, 6.07) is 5.39. The number of amides is 1. The van der Waals surface area contributed by atoms with Gasteiger partial charge < -0.3 is 18.7 Å². The molecule has 2 aliphatic heterocycles. The van der Waals surface area contributed by atoms with Crippen molar-refractivity contribution in [1.29, 1.82) is 0 Å². The van der Waals surface area contributed by atoms with E-state index in [2.05, 4.69) is 17.0 Å². The molecule has 8 nitrogen and oxygen atoms in total. The van der Waals surface area contributed by atoms with E-state index < -0.39 is 0 Å². The summed E-state index contributed by atoms with van der Waals surface area (Å²) in [5.41, 5.74) is 2.73. The van der Waals surface area contributed by atoms with Gasteiger partial charge in [0.15, 0.2) is 11.5 Å². The number of hydrogen-bond acceptors (Lipinski definition) is 7. The summed E-state index contributed by atoms with van der Waals surface area (Å²) in [7, 11) is 0. The number of aromatic nitrogens is 3. The van der Waals surface area contributed by atoms with Crippen LogP contribution in [-0.2, 0) is 0 Å². The van der Waals surface area contributed by atoms with Gasteiger partial charge in [-0.25, -0.2) is 9.97 Å². The van der Waals surface area contributed by atoms with Gasteiger partial charge in [-0.3, -0.25) is 4.79 Å². The van der Waals surface area contributed by atoms with Crippen LogP contribution in [0.2, 0.25) is 0 Å². The Kier molecular flexibility index (Phi) is 5.68. The van der Waals surface area contributed by atoms with E-state index in [1.165, 1.54) is 6.26 Å². The van der Waals surface area contributed by atoms with E-state index in [1.807, 2.05) is 24.1 Å². The smallest absolute Gasteiger partial charge is 0.289 e. The normalized spacial score (nSPS) is 18.3. The van der Waals surface area contributed by atoms with Gasteiger partial charge in [0.25, 0.3) is 5.91 Å². The highest BCUT2D eigenvalue weighted by molar-refractivity contribution is 5.91. The highest BCUT2D eigenvalue weighted by Crippen LogP contribution is 2.36. The Morgan fingerprint density at radius 3 is 2.56 bits per heavy atom. The Morgan fingerprint density at radius 2 is 1.91 bits per heavy atom. The van der Waals surface area contributed by atoms with Crippen molar-refractivity contribution < 1.29 is 13.7 Å². The first kappa shape index (κ1) is 20.7. The Labute approximate surface area is 187 Å². The van der Waals surface area contributed by atoms with Crippen LogP contribution in [0, 0.1) is 12.8 Å². The molecule has 0 spiro atoms. The van der Waals surface area contributed by atoms with E-state index in [0.717, 1.165) is 67.6 Å². The Morgan fingerprint density at radius 1 is 1.12 bits per heavy atom. The van der Waals surface area contributed by atoms with Crippen molar-refractivity contribution in [3.63, 3.8) is 0 Å². The largest absolute Gasteiger partial charge is 0.459 e. The van der Waals surface area contributed by atoms with Crippen LogP contribution < -0.4 is 4.90 Å². The number of nitrogens with zero attached hydrogens (tertiary/aromatic N) is 5. The predicted molar refractivity (Wildman–Crippen MR) is 119 cm³/mol. The molecular formula is C24H29N5O3. The van der Waals surface area contributed by atoms with E-state index in [4.69, 9.17) is 18.9 Å². The van der Waals surface area contributed by atoms with Crippen LogP contribution in [0.5, 0.6) is 0 Å². The van der Waals surface area contributed by atoms with Crippen LogP contribution in [0.4, 0.5) is 5.95 Å². The minimum Gasteiger partial charge on any atom is -0.459 e. The molecule has 1 amide bonds. The SMILES string of the molecule is Cc1cc(-c2cnc(N3CCC(C)CC3)nc2C2CCN(C(=O)c3ccco3)CC2)on1. The maximum absolute atomic E-state index is 12.7. The molecule has 0 bridgehead atoms. The lowest BCUT2D eigenvalue weighted by atomic mass is 9.90. The summed E-state index contributed by atoms with van der Waals surface area (Å²) < 4.78 is 10.9. The molecule has 0 aromatic carbocycles. The Hall–Kier alpha value is -3.16. The zero-order valence-electron chi connectivity index (χ0n) is 18.7. The number of aryl methyl sites for hydroxylation is 1. The van der Waals surface area contributed by atoms with Crippen molar-refractivity contribution >= 4 is 11.9 Å². The predicted octanol–water partition coefficient (Wildman–Crippen LogP) is 4.29. The first-order chi connectivity index (χ1) is 15.6. The van der Waals surface area contributed by atoms with Crippen molar-refractivity contribution in [2.45, 2.75) is 45.4 Å². The van der Waals surface area contributed by atoms with Crippen LogP contribution in [0.3, 0.4) is 0 Å². The second-order valence-corrected chi connectivity index (χ2v) is 9.01. The van der Waals surface area contributed by atoms with Crippen LogP contribution in [0.15, 0.2) is 39.6 Å². The van der Waals surface area contributed by atoms with Crippen LogP contribution in [0.25, 0.3) is 11.3 Å². The zero-order chi connectivity index (χ0) is 22.1. The van der Waals surface area contributed by atoms with Gasteiger partial charge in [-0.1, -0.05) is 12.1 Å². The number of hydrogen-bond donors (Lipinski definition) is 0. The molecule has 3 aromatic rings. The van der Waals surface area contributed by atoms with Crippen LogP contribution in [-0.4, -0.2) is 52.1 Å². The fraction of sp³-hybridized carbons (Fsp3) is 0.500. The maximum Gasteiger partial charge on any atom is 0.289 e. The molecule has 0 unspecified atom stereocenters. The first-order valence-electron chi connectivity index (χ1n) is 11.5. The summed E-state index contributed by atoms with van der Waals surface area (Å²) in [5.74, 6) is 2.81. The van der Waals surface area contributed by atoms with Gasteiger partial charge in [0.2, 0.25) is 5.95 Å². The minimum atomic E-state index is -0.0506. The van der Waals surface area contributed by atoms with Crippen molar-refractivity contribution in [1.82, 2.24) is 20.0 Å². The average molecular weight is 436 g/mol. The molecular weight excluding hydrogens is 406 g/mol. The van der Waals surface area contributed by atoms with Gasteiger partial charge in [0.05, 0.1) is 23.2 Å². The third kappa shape index (κ3) is 4.13. The number of furan rings is 1. The molecule has 0 atom stereocenters. The van der Waals surface area contributed by atoms with E-state index in [0.29, 0.717) is 24.6 Å². The summed E-state index contributed by atoms with van der Waals surface area (Å²) >= 11 is 0. The third-order valence-corrected chi connectivity index (χ3v) is 6.67. The summed E-state index contributed by atoms with van der Waals surface area (Å²) in [4.78, 5) is 26.6. The lowest BCUT2D eigenvalue weighted by Gasteiger charge is -2.33. The minimum absolute atomic E-state index is 0.0506. The van der Waals surface area contributed by atoms with Gasteiger partial charge >= 0.3 is 0 Å². The van der Waals surface area contributed by atoms with Crippen molar-refractivity contribution in [3.05, 3.63) is 47.8 Å². The monoisotopic (exact) mass is 435 g/mol. The molecule has 0 N–H and O–H groups in total. The molecule has 5 heterocycles. The topological polar surface area (TPSA) is 88.5 Å². The third-order valence-electron chi connectivity index (χ3n) is 6.67. The Bertz CT molecular complexity index is 1060. The van der Waals surface area contributed by atoms with Crippen molar-refractivity contribution in [3.8, 4) is 11.3 Å². The van der Waals surface area contributed by atoms with Gasteiger partial charge in [-0.2, -0.15) is 0 Å².